The summed E-state index contributed by atoms with van der Waals surface area (Å²) in [5.41, 5.74) is 0. The number of nitrogens with zero attached hydrogens (tertiary/aromatic N) is 2. The second-order valence-corrected chi connectivity index (χ2v) is 6.38. The lowest BCUT2D eigenvalue weighted by molar-refractivity contribution is -0.137. The highest BCUT2D eigenvalue weighted by atomic mass is 32.2. The number of thioether (sulfide) groups is 1. The molecule has 118 valence electrons. The minimum absolute atomic E-state index is 0.00353. The summed E-state index contributed by atoms with van der Waals surface area (Å²) in [6.45, 7) is 5.79. The Kier molecular flexibility index (Phi) is 6.52. The van der Waals surface area contributed by atoms with Gasteiger partial charge in [-0.05, 0) is 18.6 Å². The van der Waals surface area contributed by atoms with E-state index in [1.54, 1.807) is 27.6 Å². The first-order valence-electron chi connectivity index (χ1n) is 7.55. The van der Waals surface area contributed by atoms with Crippen LogP contribution >= 0.6 is 11.8 Å². The number of amides is 2. The summed E-state index contributed by atoms with van der Waals surface area (Å²) in [6, 6.07) is 10.1. The number of hydrogen-bond donors (Lipinski definition) is 0. The molecule has 0 N–H and O–H groups in total. The van der Waals surface area contributed by atoms with E-state index in [0.717, 1.165) is 12.2 Å². The van der Waals surface area contributed by atoms with Gasteiger partial charge < -0.3 is 9.80 Å². The van der Waals surface area contributed by atoms with Gasteiger partial charge in [-0.2, -0.15) is 0 Å². The van der Waals surface area contributed by atoms with Crippen molar-refractivity contribution in [2.75, 3.05) is 31.9 Å². The van der Waals surface area contributed by atoms with Gasteiger partial charge in [-0.15, -0.1) is 18.3 Å². The number of likely N-dealkylation sites (tertiary alicyclic amines) is 1. The molecule has 0 aromatic heterocycles. The first kappa shape index (κ1) is 16.6. The van der Waals surface area contributed by atoms with Crippen molar-refractivity contribution in [3.8, 4) is 0 Å². The first-order valence-corrected chi connectivity index (χ1v) is 8.53. The van der Waals surface area contributed by atoms with Crippen LogP contribution in [-0.4, -0.2) is 53.5 Å². The van der Waals surface area contributed by atoms with Crippen molar-refractivity contribution >= 4 is 23.6 Å². The van der Waals surface area contributed by atoms with Crippen LogP contribution in [0.4, 0.5) is 0 Å². The second kappa shape index (κ2) is 8.63. The molecule has 0 atom stereocenters. The third-order valence-corrected chi connectivity index (χ3v) is 4.57. The van der Waals surface area contributed by atoms with Gasteiger partial charge in [0.25, 0.3) is 0 Å². The van der Waals surface area contributed by atoms with Crippen molar-refractivity contribution in [1.82, 2.24) is 9.80 Å². The Hall–Kier alpha value is -1.75. The molecule has 5 heteroatoms. The summed E-state index contributed by atoms with van der Waals surface area (Å²) < 4.78 is 0. The van der Waals surface area contributed by atoms with Crippen LogP contribution in [0.5, 0.6) is 0 Å². The number of hydrogen-bond acceptors (Lipinski definition) is 3. The highest BCUT2D eigenvalue weighted by molar-refractivity contribution is 7.99. The summed E-state index contributed by atoms with van der Waals surface area (Å²) in [6.07, 6.45) is 3.16. The highest BCUT2D eigenvalue weighted by Crippen LogP contribution is 2.17. The van der Waals surface area contributed by atoms with Crippen LogP contribution in [0.3, 0.4) is 0 Å². The maximum atomic E-state index is 12.4. The van der Waals surface area contributed by atoms with Crippen LogP contribution in [0.1, 0.15) is 12.8 Å². The van der Waals surface area contributed by atoms with E-state index in [4.69, 9.17) is 0 Å². The molecular weight excluding hydrogens is 296 g/mol. The van der Waals surface area contributed by atoms with Crippen LogP contribution in [0.2, 0.25) is 0 Å². The molecule has 1 aromatic rings. The largest absolute Gasteiger partial charge is 0.337 e. The maximum absolute atomic E-state index is 12.4. The van der Waals surface area contributed by atoms with E-state index in [-0.39, 0.29) is 18.4 Å². The van der Waals surface area contributed by atoms with Crippen LogP contribution in [-0.2, 0) is 9.59 Å². The number of carbonyl (C=O) groups excluding carboxylic acids is 2. The lowest BCUT2D eigenvalue weighted by Gasteiger charge is -2.24. The van der Waals surface area contributed by atoms with Gasteiger partial charge in [0.1, 0.15) is 0 Å². The third kappa shape index (κ3) is 4.91. The lowest BCUT2D eigenvalue weighted by Crippen LogP contribution is -2.41. The lowest BCUT2D eigenvalue weighted by atomic mass is 10.4. The minimum Gasteiger partial charge on any atom is -0.337 e. The molecule has 2 rings (SSSR count). The van der Waals surface area contributed by atoms with Crippen LogP contribution in [0.15, 0.2) is 47.9 Å². The van der Waals surface area contributed by atoms with Gasteiger partial charge in [-0.1, -0.05) is 24.3 Å². The van der Waals surface area contributed by atoms with Crippen LogP contribution < -0.4 is 0 Å². The topological polar surface area (TPSA) is 40.6 Å². The van der Waals surface area contributed by atoms with Crippen molar-refractivity contribution in [1.29, 1.82) is 0 Å². The first-order chi connectivity index (χ1) is 10.7. The number of rotatable bonds is 8. The van der Waals surface area contributed by atoms with E-state index >= 15 is 0 Å². The van der Waals surface area contributed by atoms with E-state index < -0.39 is 0 Å². The fraction of sp³-hybridized carbons (Fsp3) is 0.412. The van der Waals surface area contributed by atoms with Crippen LogP contribution in [0.25, 0.3) is 0 Å². The molecule has 22 heavy (non-hydrogen) atoms. The molecule has 1 aromatic carbocycles. The Morgan fingerprint density at radius 1 is 1.36 bits per heavy atom. The third-order valence-electron chi connectivity index (χ3n) is 3.57. The molecular formula is C17H22N2O2S. The van der Waals surface area contributed by atoms with Crippen LogP contribution in [0, 0.1) is 0 Å². The number of benzene rings is 1. The van der Waals surface area contributed by atoms with Crippen molar-refractivity contribution in [2.45, 2.75) is 17.7 Å². The van der Waals surface area contributed by atoms with Gasteiger partial charge in [-0.25, -0.2) is 0 Å². The van der Waals surface area contributed by atoms with Crippen molar-refractivity contribution in [2.24, 2.45) is 0 Å². The maximum Gasteiger partial charge on any atom is 0.242 e. The van der Waals surface area contributed by atoms with E-state index in [1.807, 2.05) is 18.2 Å². The normalized spacial score (nSPS) is 14.2. The molecule has 1 saturated heterocycles. The number of carbonyl (C=O) groups is 2. The van der Waals surface area contributed by atoms with Crippen molar-refractivity contribution < 1.29 is 9.59 Å². The fourth-order valence-corrected chi connectivity index (χ4v) is 3.30. The summed E-state index contributed by atoms with van der Waals surface area (Å²) in [5, 5.41) is 0. The molecule has 0 unspecified atom stereocenters. The predicted molar refractivity (Wildman–Crippen MR) is 89.8 cm³/mol. The summed E-state index contributed by atoms with van der Waals surface area (Å²) in [7, 11) is 0. The molecule has 1 heterocycles. The SMILES string of the molecule is C=CCN(CCSc1ccccc1)C(=O)CN1CCCC1=O. The average molecular weight is 318 g/mol. The minimum atomic E-state index is 0.00353. The highest BCUT2D eigenvalue weighted by Gasteiger charge is 2.24. The summed E-state index contributed by atoms with van der Waals surface area (Å²) in [4.78, 5) is 28.6. The summed E-state index contributed by atoms with van der Waals surface area (Å²) in [5.74, 6) is 0.923. The predicted octanol–water partition coefficient (Wildman–Crippen LogP) is 2.42. The Balaban J connectivity index is 1.81. The smallest absolute Gasteiger partial charge is 0.242 e. The Morgan fingerprint density at radius 2 is 2.14 bits per heavy atom. The zero-order chi connectivity index (χ0) is 15.8. The zero-order valence-electron chi connectivity index (χ0n) is 12.7. The zero-order valence-corrected chi connectivity index (χ0v) is 13.6. The van der Waals surface area contributed by atoms with Crippen molar-refractivity contribution in [3.05, 3.63) is 43.0 Å². The standard InChI is InChI=1S/C17H22N2O2S/c1-2-10-18(12-13-22-15-7-4-3-5-8-15)17(21)14-19-11-6-9-16(19)20/h2-5,7-8H,1,6,9-14H2. The average Bonchev–Trinajstić information content (AvgIpc) is 2.92. The van der Waals surface area contributed by atoms with E-state index in [1.165, 1.54) is 4.90 Å². The monoisotopic (exact) mass is 318 g/mol. The van der Waals surface area contributed by atoms with Crippen molar-refractivity contribution in [3.63, 3.8) is 0 Å². The molecule has 0 radical (unpaired) electrons. The molecule has 0 aliphatic carbocycles. The van der Waals surface area contributed by atoms with Gasteiger partial charge >= 0.3 is 0 Å². The van der Waals surface area contributed by atoms with E-state index in [0.29, 0.717) is 26.1 Å². The second-order valence-electron chi connectivity index (χ2n) is 5.21. The molecule has 0 spiro atoms. The van der Waals surface area contributed by atoms with Gasteiger partial charge in [-0.3, -0.25) is 9.59 Å². The molecule has 1 aliphatic rings. The fourth-order valence-electron chi connectivity index (χ4n) is 2.40. The quantitative estimate of drug-likeness (QED) is 0.546. The molecule has 0 saturated carbocycles. The Labute approximate surface area is 136 Å². The molecule has 2 amide bonds. The van der Waals surface area contributed by atoms with Gasteiger partial charge in [0.15, 0.2) is 0 Å². The summed E-state index contributed by atoms with van der Waals surface area (Å²) >= 11 is 1.73. The Bertz CT molecular complexity index is 519. The molecule has 0 bridgehead atoms. The molecule has 4 nitrogen and oxygen atoms in total. The van der Waals surface area contributed by atoms with Gasteiger partial charge in [0, 0.05) is 36.7 Å². The molecule has 1 fully saturated rings. The van der Waals surface area contributed by atoms with E-state index in [9.17, 15) is 9.59 Å². The molecule has 1 aliphatic heterocycles. The van der Waals surface area contributed by atoms with E-state index in [2.05, 4.69) is 18.7 Å². The van der Waals surface area contributed by atoms with Gasteiger partial charge in [0.05, 0.1) is 6.54 Å². The van der Waals surface area contributed by atoms with Gasteiger partial charge in [0.2, 0.25) is 11.8 Å². The Morgan fingerprint density at radius 3 is 2.77 bits per heavy atom.